The first-order valence-electron chi connectivity index (χ1n) is 6.07. The number of para-hydroxylation sites is 1. The summed E-state index contributed by atoms with van der Waals surface area (Å²) < 4.78 is 5.47. The van der Waals surface area contributed by atoms with Gasteiger partial charge in [-0.05, 0) is 18.3 Å². The zero-order valence-electron chi connectivity index (χ0n) is 10.5. The number of aliphatic imine (C=N–C) groups is 1. The number of hydrogen-bond acceptors (Lipinski definition) is 7. The molecule has 6 nitrogen and oxygen atoms in total. The van der Waals surface area contributed by atoms with Gasteiger partial charge in [0.2, 0.25) is 0 Å². The van der Waals surface area contributed by atoms with E-state index in [4.69, 9.17) is 4.74 Å². The van der Waals surface area contributed by atoms with E-state index in [9.17, 15) is 20.4 Å². The monoisotopic (exact) mass is 297 g/mol. The molecule has 4 N–H and O–H groups in total. The van der Waals surface area contributed by atoms with Crippen LogP contribution in [0.15, 0.2) is 29.3 Å². The van der Waals surface area contributed by atoms with Crippen LogP contribution in [0.4, 0.5) is 5.69 Å². The van der Waals surface area contributed by atoms with Crippen LogP contribution in [0, 0.1) is 0 Å². The highest BCUT2D eigenvalue weighted by Gasteiger charge is 2.44. The number of thiocarbonyl (C=S) groups is 1. The third kappa shape index (κ3) is 2.79. The van der Waals surface area contributed by atoms with Crippen molar-refractivity contribution in [3.05, 3.63) is 29.8 Å². The molecule has 2 rings (SSSR count). The van der Waals surface area contributed by atoms with Crippen molar-refractivity contribution in [3.8, 4) is 0 Å². The van der Waals surface area contributed by atoms with Gasteiger partial charge in [-0.15, -0.1) is 0 Å². The number of aliphatic hydroxyl groups is 4. The van der Waals surface area contributed by atoms with E-state index in [1.54, 1.807) is 24.3 Å². The summed E-state index contributed by atoms with van der Waals surface area (Å²) in [7, 11) is 0. The van der Waals surface area contributed by atoms with E-state index in [2.05, 4.69) is 22.4 Å². The maximum Gasteiger partial charge on any atom is 0.114 e. The number of isothiocyanates is 1. The number of rotatable bonds is 3. The SMILES string of the molecule is OC[C@H]1OC(c2ccccc2N=C=S)[C@@H](O)[C@@H](O)[C@@H]1O. The Hall–Kier alpha value is -1.18. The maximum atomic E-state index is 10.1. The number of hydrogen-bond donors (Lipinski definition) is 4. The van der Waals surface area contributed by atoms with Gasteiger partial charge in [-0.3, -0.25) is 0 Å². The van der Waals surface area contributed by atoms with E-state index in [-0.39, 0.29) is 0 Å². The largest absolute Gasteiger partial charge is 0.394 e. The average molecular weight is 297 g/mol. The zero-order chi connectivity index (χ0) is 14.7. The normalized spacial score (nSPS) is 33.5. The molecule has 20 heavy (non-hydrogen) atoms. The van der Waals surface area contributed by atoms with Crippen LogP contribution in [-0.4, -0.2) is 56.6 Å². The van der Waals surface area contributed by atoms with E-state index in [1.165, 1.54) is 0 Å². The van der Waals surface area contributed by atoms with Gasteiger partial charge >= 0.3 is 0 Å². The van der Waals surface area contributed by atoms with Crippen LogP contribution in [0.3, 0.4) is 0 Å². The standard InChI is InChI=1S/C13H15NO5S/c15-5-9-10(16)11(17)12(18)13(19-9)7-3-1-2-4-8(7)14-6-20/h1-4,9-13,15-18H,5H2/t9-,10-,11+,12+,13?/m1/s1. The highest BCUT2D eigenvalue weighted by molar-refractivity contribution is 7.78. The van der Waals surface area contributed by atoms with Crippen molar-refractivity contribution in [2.75, 3.05) is 6.61 Å². The second-order valence-electron chi connectivity index (χ2n) is 4.51. The first-order valence-corrected chi connectivity index (χ1v) is 6.48. The van der Waals surface area contributed by atoms with Gasteiger partial charge < -0.3 is 25.2 Å². The van der Waals surface area contributed by atoms with E-state index in [1.807, 2.05) is 0 Å². The van der Waals surface area contributed by atoms with Crippen molar-refractivity contribution in [1.29, 1.82) is 0 Å². The molecular weight excluding hydrogens is 282 g/mol. The summed E-state index contributed by atoms with van der Waals surface area (Å²) >= 11 is 4.56. The third-order valence-electron chi connectivity index (χ3n) is 3.30. The second kappa shape index (κ2) is 6.51. The number of ether oxygens (including phenoxy) is 1. The van der Waals surface area contributed by atoms with Crippen LogP contribution in [-0.2, 0) is 4.74 Å². The molecule has 1 aliphatic rings. The Bertz CT molecular complexity index is 517. The van der Waals surface area contributed by atoms with Crippen molar-refractivity contribution in [2.24, 2.45) is 4.99 Å². The lowest BCUT2D eigenvalue weighted by molar-refractivity contribution is -0.231. The van der Waals surface area contributed by atoms with Crippen molar-refractivity contribution in [2.45, 2.75) is 30.5 Å². The van der Waals surface area contributed by atoms with Gasteiger partial charge in [0.1, 0.15) is 30.5 Å². The highest BCUT2D eigenvalue weighted by Crippen LogP contribution is 2.36. The quantitative estimate of drug-likeness (QED) is 0.460. The zero-order valence-corrected chi connectivity index (χ0v) is 11.3. The predicted molar refractivity (Wildman–Crippen MR) is 73.8 cm³/mol. The number of benzene rings is 1. The summed E-state index contributed by atoms with van der Waals surface area (Å²) in [5, 5.41) is 41.0. The Kier molecular flexibility index (Phi) is 4.95. The van der Waals surface area contributed by atoms with Crippen LogP contribution in [0.5, 0.6) is 0 Å². The Morgan fingerprint density at radius 2 is 1.85 bits per heavy atom. The van der Waals surface area contributed by atoms with Crippen LogP contribution < -0.4 is 0 Å². The molecule has 0 aromatic heterocycles. The summed E-state index contributed by atoms with van der Waals surface area (Å²) in [5.74, 6) is 0. The van der Waals surface area contributed by atoms with Gasteiger partial charge in [-0.25, -0.2) is 0 Å². The lowest BCUT2D eigenvalue weighted by atomic mass is 9.90. The summed E-state index contributed by atoms with van der Waals surface area (Å²) in [6, 6.07) is 6.78. The molecule has 1 unspecified atom stereocenters. The Labute approximate surface area is 121 Å². The summed E-state index contributed by atoms with van der Waals surface area (Å²) in [6.45, 7) is -0.472. The van der Waals surface area contributed by atoms with E-state index >= 15 is 0 Å². The third-order valence-corrected chi connectivity index (χ3v) is 3.39. The second-order valence-corrected chi connectivity index (χ2v) is 4.69. The van der Waals surface area contributed by atoms with E-state index < -0.39 is 37.1 Å². The van der Waals surface area contributed by atoms with E-state index in [0.717, 1.165) is 0 Å². The van der Waals surface area contributed by atoms with Crippen LogP contribution in [0.1, 0.15) is 11.7 Å². The minimum absolute atomic E-state index is 0.451. The van der Waals surface area contributed by atoms with Gasteiger partial charge in [0.15, 0.2) is 0 Å². The summed E-state index contributed by atoms with van der Waals surface area (Å²) in [4.78, 5) is 3.88. The summed E-state index contributed by atoms with van der Waals surface area (Å²) in [5.41, 5.74) is 0.952. The molecule has 0 bridgehead atoms. The van der Waals surface area contributed by atoms with Gasteiger partial charge in [0, 0.05) is 5.56 Å². The number of nitrogens with zero attached hydrogens (tertiary/aromatic N) is 1. The van der Waals surface area contributed by atoms with Crippen molar-refractivity contribution in [3.63, 3.8) is 0 Å². The minimum atomic E-state index is -1.42. The number of aliphatic hydroxyl groups excluding tert-OH is 4. The topological polar surface area (TPSA) is 103 Å². The predicted octanol–water partition coefficient (Wildman–Crippen LogP) is -0.0642. The molecule has 1 aromatic rings. The van der Waals surface area contributed by atoms with E-state index in [0.29, 0.717) is 11.3 Å². The first kappa shape index (κ1) is 15.2. The van der Waals surface area contributed by atoms with Crippen LogP contribution in [0.25, 0.3) is 0 Å². The molecule has 1 aliphatic heterocycles. The lowest BCUT2D eigenvalue weighted by Gasteiger charge is -2.40. The molecule has 0 amide bonds. The summed E-state index contributed by atoms with van der Waals surface area (Å²) in [6.07, 6.45) is -6.02. The highest BCUT2D eigenvalue weighted by atomic mass is 32.1. The molecule has 5 atom stereocenters. The van der Waals surface area contributed by atoms with Gasteiger partial charge in [0.25, 0.3) is 0 Å². The molecule has 0 aliphatic carbocycles. The smallest absolute Gasteiger partial charge is 0.114 e. The molecule has 0 spiro atoms. The van der Waals surface area contributed by atoms with Crippen LogP contribution in [0.2, 0.25) is 0 Å². The molecule has 1 saturated heterocycles. The fourth-order valence-corrected chi connectivity index (χ4v) is 2.34. The Balaban J connectivity index is 2.38. The fourth-order valence-electron chi connectivity index (χ4n) is 2.24. The van der Waals surface area contributed by atoms with Crippen molar-refractivity contribution in [1.82, 2.24) is 0 Å². The molecular formula is C13H15NO5S. The average Bonchev–Trinajstić information content (AvgIpc) is 2.47. The lowest BCUT2D eigenvalue weighted by Crippen LogP contribution is -2.55. The van der Waals surface area contributed by atoms with Gasteiger partial charge in [0.05, 0.1) is 17.5 Å². The van der Waals surface area contributed by atoms with Crippen LogP contribution >= 0.6 is 12.2 Å². The van der Waals surface area contributed by atoms with Crippen molar-refractivity contribution >= 4 is 23.1 Å². The maximum absolute atomic E-state index is 10.1. The molecule has 0 saturated carbocycles. The van der Waals surface area contributed by atoms with Crippen molar-refractivity contribution < 1.29 is 25.2 Å². The molecule has 7 heteroatoms. The first-order chi connectivity index (χ1) is 9.60. The fraction of sp³-hybridized carbons (Fsp3) is 0.462. The molecule has 0 radical (unpaired) electrons. The van der Waals surface area contributed by atoms with Gasteiger partial charge in [-0.1, -0.05) is 18.2 Å². The molecule has 1 aromatic carbocycles. The molecule has 108 valence electrons. The van der Waals surface area contributed by atoms with Gasteiger partial charge in [-0.2, -0.15) is 4.99 Å². The molecule has 1 fully saturated rings. The minimum Gasteiger partial charge on any atom is -0.394 e. The molecule has 1 heterocycles. The Morgan fingerprint density at radius 3 is 2.50 bits per heavy atom. The Morgan fingerprint density at radius 1 is 1.15 bits per heavy atom.